The first-order chi connectivity index (χ1) is 20.7. The number of anilines is 1. The molecule has 0 aliphatic carbocycles. The van der Waals surface area contributed by atoms with Gasteiger partial charge < -0.3 is 15.0 Å². The highest BCUT2D eigenvalue weighted by Gasteiger charge is 2.37. The highest BCUT2D eigenvalue weighted by molar-refractivity contribution is 7.92. The zero-order chi connectivity index (χ0) is 32.7. The molecular weight excluding hydrogens is 619 g/mol. The quantitative estimate of drug-likeness (QED) is 0.239. The molecule has 3 aromatic rings. The molecule has 3 rings (SSSR count). The van der Waals surface area contributed by atoms with E-state index in [1.165, 1.54) is 36.3 Å². The van der Waals surface area contributed by atoms with Gasteiger partial charge in [0.1, 0.15) is 18.3 Å². The number of hydrogen-bond acceptors (Lipinski definition) is 5. The summed E-state index contributed by atoms with van der Waals surface area (Å²) in [4.78, 5) is 28.4. The Morgan fingerprint density at radius 3 is 2.18 bits per heavy atom. The molecule has 0 radical (unpaired) electrons. The van der Waals surface area contributed by atoms with Crippen molar-refractivity contribution in [3.8, 4) is 5.75 Å². The second-order valence-corrected chi connectivity index (χ2v) is 12.7. The Kier molecular flexibility index (Phi) is 11.7. The first kappa shape index (κ1) is 34.7. The number of halogens is 4. The van der Waals surface area contributed by atoms with Crippen LogP contribution in [0.5, 0.6) is 5.75 Å². The lowest BCUT2D eigenvalue weighted by Crippen LogP contribution is -2.52. The summed E-state index contributed by atoms with van der Waals surface area (Å²) >= 11 is 6.29. The number of nitrogens with one attached hydrogen (secondary N) is 1. The van der Waals surface area contributed by atoms with Gasteiger partial charge in [0.15, 0.2) is 0 Å². The van der Waals surface area contributed by atoms with Crippen LogP contribution in [-0.4, -0.2) is 51.4 Å². The maximum Gasteiger partial charge on any atom is 0.416 e. The summed E-state index contributed by atoms with van der Waals surface area (Å²) in [5, 5.41) is 2.50. The molecule has 3 aromatic carbocycles. The fraction of sp³-hybridized carbons (Fsp3) is 0.355. The zero-order valence-corrected chi connectivity index (χ0v) is 26.3. The molecule has 13 heteroatoms. The van der Waals surface area contributed by atoms with Crippen molar-refractivity contribution in [3.05, 3.63) is 88.9 Å². The van der Waals surface area contributed by atoms with Crippen LogP contribution in [0, 0.1) is 5.92 Å². The van der Waals surface area contributed by atoms with E-state index in [0.717, 1.165) is 12.1 Å². The van der Waals surface area contributed by atoms with Crippen LogP contribution < -0.4 is 14.4 Å². The second-order valence-electron chi connectivity index (χ2n) is 10.4. The van der Waals surface area contributed by atoms with E-state index in [2.05, 4.69) is 5.32 Å². The number of methoxy groups -OCH3 is 1. The molecule has 1 atom stereocenters. The van der Waals surface area contributed by atoms with E-state index in [-0.39, 0.29) is 28.8 Å². The van der Waals surface area contributed by atoms with Gasteiger partial charge in [0, 0.05) is 13.1 Å². The van der Waals surface area contributed by atoms with Crippen LogP contribution in [0.4, 0.5) is 18.9 Å². The summed E-state index contributed by atoms with van der Waals surface area (Å²) in [6.45, 7) is 4.85. The summed E-state index contributed by atoms with van der Waals surface area (Å²) in [6.07, 6.45) is -4.63. The number of hydrogen-bond donors (Lipinski definition) is 1. The van der Waals surface area contributed by atoms with Crippen LogP contribution >= 0.6 is 11.6 Å². The largest absolute Gasteiger partial charge is 0.497 e. The zero-order valence-electron chi connectivity index (χ0n) is 24.8. The van der Waals surface area contributed by atoms with Crippen LogP contribution in [0.15, 0.2) is 77.7 Å². The van der Waals surface area contributed by atoms with Crippen molar-refractivity contribution in [1.82, 2.24) is 10.2 Å². The number of rotatable bonds is 13. The molecule has 2 amide bonds. The Hall–Kier alpha value is -3.77. The lowest BCUT2D eigenvalue weighted by atomic mass is 10.1. The van der Waals surface area contributed by atoms with Gasteiger partial charge >= 0.3 is 6.18 Å². The summed E-state index contributed by atoms with van der Waals surface area (Å²) in [7, 11) is -3.11. The standard InChI is InChI=1S/C31H35ClF3N3O5S/c1-5-27(30(40)36-18-21(2)3)37(19-22-11-14-24(43-4)15-12-22)29(39)20-38(44(41,42)25-9-7-6-8-10-25)28-17-23(31(33,34)35)13-16-26(28)32/h6-17,21,27H,5,18-20H2,1-4H3,(H,36,40)/t27-/m0/s1. The van der Waals surface area contributed by atoms with Gasteiger partial charge in [0.2, 0.25) is 11.8 Å². The van der Waals surface area contributed by atoms with E-state index >= 15 is 0 Å². The van der Waals surface area contributed by atoms with Crippen LogP contribution in [0.1, 0.15) is 38.3 Å². The van der Waals surface area contributed by atoms with Crippen LogP contribution in [-0.2, 0) is 32.3 Å². The number of nitrogens with zero attached hydrogens (tertiary/aromatic N) is 2. The Morgan fingerprint density at radius 2 is 1.64 bits per heavy atom. The molecule has 0 unspecified atom stereocenters. The molecule has 44 heavy (non-hydrogen) atoms. The van der Waals surface area contributed by atoms with Gasteiger partial charge in [-0.05, 0) is 60.4 Å². The van der Waals surface area contributed by atoms with E-state index in [1.807, 2.05) is 13.8 Å². The van der Waals surface area contributed by atoms with Crippen molar-refractivity contribution in [3.63, 3.8) is 0 Å². The molecule has 0 spiro atoms. The first-order valence-electron chi connectivity index (χ1n) is 13.8. The lowest BCUT2D eigenvalue weighted by molar-refractivity contribution is -0.140. The molecule has 1 N–H and O–H groups in total. The fourth-order valence-electron chi connectivity index (χ4n) is 4.38. The molecule has 0 heterocycles. The third kappa shape index (κ3) is 8.66. The summed E-state index contributed by atoms with van der Waals surface area (Å²) in [5.41, 5.74) is -1.06. The molecule has 238 valence electrons. The van der Waals surface area contributed by atoms with Crippen molar-refractivity contribution < 1.29 is 35.9 Å². The number of benzene rings is 3. The summed E-state index contributed by atoms with van der Waals surface area (Å²) < 4.78 is 74.7. The van der Waals surface area contributed by atoms with Gasteiger partial charge in [-0.2, -0.15) is 13.2 Å². The maximum atomic E-state index is 14.1. The van der Waals surface area contributed by atoms with Crippen LogP contribution in [0.3, 0.4) is 0 Å². The minimum Gasteiger partial charge on any atom is -0.497 e. The highest BCUT2D eigenvalue weighted by Crippen LogP contribution is 2.37. The molecule has 0 saturated carbocycles. The van der Waals surface area contributed by atoms with E-state index in [9.17, 15) is 31.2 Å². The normalized spacial score (nSPS) is 12.5. The monoisotopic (exact) mass is 653 g/mol. The van der Waals surface area contributed by atoms with Crippen LogP contribution in [0.2, 0.25) is 5.02 Å². The average Bonchev–Trinajstić information content (AvgIpc) is 2.99. The molecule has 0 bridgehead atoms. The number of ether oxygens (including phenoxy) is 1. The second kappa shape index (κ2) is 14.8. The van der Waals surface area contributed by atoms with Crippen molar-refractivity contribution in [2.75, 3.05) is 24.5 Å². The molecular formula is C31H35ClF3N3O5S. The Labute approximate surface area is 260 Å². The minimum absolute atomic E-state index is 0.0913. The lowest BCUT2D eigenvalue weighted by Gasteiger charge is -2.33. The molecule has 0 fully saturated rings. The molecule has 0 aliphatic heterocycles. The smallest absolute Gasteiger partial charge is 0.416 e. The first-order valence-corrected chi connectivity index (χ1v) is 15.7. The Bertz CT molecular complexity index is 1540. The van der Waals surface area contributed by atoms with Gasteiger partial charge in [-0.1, -0.05) is 62.7 Å². The Morgan fingerprint density at radius 1 is 1.00 bits per heavy atom. The maximum absolute atomic E-state index is 14.1. The van der Waals surface area contributed by atoms with E-state index in [0.29, 0.717) is 28.2 Å². The summed E-state index contributed by atoms with van der Waals surface area (Å²) in [6, 6.07) is 15.0. The molecule has 8 nitrogen and oxygen atoms in total. The SMILES string of the molecule is CC[C@@H](C(=O)NCC(C)C)N(Cc1ccc(OC)cc1)C(=O)CN(c1cc(C(F)(F)F)ccc1Cl)S(=O)(=O)c1ccccc1. The molecule has 0 aliphatic rings. The molecule has 0 saturated heterocycles. The van der Waals surface area contributed by atoms with E-state index < -0.39 is 51.9 Å². The van der Waals surface area contributed by atoms with Gasteiger partial charge in [-0.15, -0.1) is 0 Å². The minimum atomic E-state index is -4.81. The third-order valence-electron chi connectivity index (χ3n) is 6.73. The van der Waals surface area contributed by atoms with Gasteiger partial charge in [0.25, 0.3) is 10.0 Å². The van der Waals surface area contributed by atoms with Crippen molar-refractivity contribution in [1.29, 1.82) is 0 Å². The van der Waals surface area contributed by atoms with Crippen molar-refractivity contribution in [2.24, 2.45) is 5.92 Å². The number of alkyl halides is 3. The number of sulfonamides is 1. The predicted octanol–water partition coefficient (Wildman–Crippen LogP) is 6.14. The third-order valence-corrected chi connectivity index (χ3v) is 8.83. The average molecular weight is 654 g/mol. The number of carbonyl (C=O) groups is 2. The number of amides is 2. The number of carbonyl (C=O) groups excluding carboxylic acids is 2. The Balaban J connectivity index is 2.13. The fourth-order valence-corrected chi connectivity index (χ4v) is 6.10. The summed E-state index contributed by atoms with van der Waals surface area (Å²) in [5.74, 6) is -0.581. The van der Waals surface area contributed by atoms with Gasteiger partial charge in [-0.25, -0.2) is 8.42 Å². The topological polar surface area (TPSA) is 96.0 Å². The van der Waals surface area contributed by atoms with E-state index in [4.69, 9.17) is 16.3 Å². The molecule has 0 aromatic heterocycles. The predicted molar refractivity (Wildman–Crippen MR) is 163 cm³/mol. The van der Waals surface area contributed by atoms with Crippen molar-refractivity contribution >= 4 is 39.1 Å². The van der Waals surface area contributed by atoms with Gasteiger partial charge in [-0.3, -0.25) is 13.9 Å². The van der Waals surface area contributed by atoms with Crippen molar-refractivity contribution in [2.45, 2.75) is 50.9 Å². The highest BCUT2D eigenvalue weighted by atomic mass is 35.5. The van der Waals surface area contributed by atoms with E-state index in [1.54, 1.807) is 37.3 Å². The van der Waals surface area contributed by atoms with Crippen LogP contribution in [0.25, 0.3) is 0 Å². The van der Waals surface area contributed by atoms with Gasteiger partial charge in [0.05, 0.1) is 28.3 Å².